The summed E-state index contributed by atoms with van der Waals surface area (Å²) < 4.78 is 1.84. The second-order valence-corrected chi connectivity index (χ2v) is 7.18. The number of aromatic nitrogens is 3. The molecule has 1 saturated carbocycles. The van der Waals surface area contributed by atoms with Gasteiger partial charge in [-0.2, -0.15) is 5.10 Å². The van der Waals surface area contributed by atoms with Gasteiger partial charge in [0.1, 0.15) is 5.69 Å². The van der Waals surface area contributed by atoms with E-state index in [1.54, 1.807) is 12.4 Å². The monoisotopic (exact) mass is 360 g/mol. The van der Waals surface area contributed by atoms with Crippen LogP contribution in [0.4, 0.5) is 0 Å². The summed E-state index contributed by atoms with van der Waals surface area (Å²) in [6.45, 7) is 1.37. The fourth-order valence-electron chi connectivity index (χ4n) is 3.70. The lowest BCUT2D eigenvalue weighted by molar-refractivity contribution is 0.0948. The molecule has 1 fully saturated rings. The Bertz CT molecular complexity index is 883. The Morgan fingerprint density at radius 1 is 1.11 bits per heavy atom. The largest absolute Gasteiger partial charge is 0.352 e. The molecule has 0 bridgehead atoms. The first-order valence-electron chi connectivity index (χ1n) is 9.59. The predicted octanol–water partition coefficient (Wildman–Crippen LogP) is 3.91. The van der Waals surface area contributed by atoms with Crippen LogP contribution < -0.4 is 5.32 Å². The number of nitrogens with zero attached hydrogens (tertiary/aromatic N) is 3. The van der Waals surface area contributed by atoms with E-state index in [-0.39, 0.29) is 5.91 Å². The molecule has 0 aliphatic heterocycles. The maximum Gasteiger partial charge on any atom is 0.255 e. The van der Waals surface area contributed by atoms with E-state index in [0.717, 1.165) is 17.7 Å². The Kier molecular flexibility index (Phi) is 5.28. The van der Waals surface area contributed by atoms with Gasteiger partial charge in [0.05, 0.1) is 12.1 Å². The number of nitrogens with one attached hydrogen (secondary N) is 1. The van der Waals surface area contributed by atoms with E-state index in [4.69, 9.17) is 5.10 Å². The topological polar surface area (TPSA) is 59.8 Å². The van der Waals surface area contributed by atoms with Crippen molar-refractivity contribution in [3.8, 4) is 11.3 Å². The maximum atomic E-state index is 12.9. The van der Waals surface area contributed by atoms with Crippen LogP contribution in [0.3, 0.4) is 0 Å². The van der Waals surface area contributed by atoms with Gasteiger partial charge in [0, 0.05) is 30.7 Å². The molecule has 0 atom stereocenters. The minimum atomic E-state index is -0.0555. The second kappa shape index (κ2) is 8.16. The fourth-order valence-corrected chi connectivity index (χ4v) is 3.70. The quantitative estimate of drug-likeness (QED) is 0.725. The normalized spacial score (nSPS) is 14.4. The molecule has 5 heteroatoms. The third-order valence-corrected chi connectivity index (χ3v) is 5.15. The van der Waals surface area contributed by atoms with Crippen LogP contribution in [0.15, 0.2) is 61.1 Å². The van der Waals surface area contributed by atoms with E-state index >= 15 is 0 Å². The molecule has 138 valence electrons. The van der Waals surface area contributed by atoms with E-state index in [2.05, 4.69) is 22.4 Å². The van der Waals surface area contributed by atoms with Crippen molar-refractivity contribution in [2.75, 3.05) is 6.54 Å². The first kappa shape index (κ1) is 17.5. The summed E-state index contributed by atoms with van der Waals surface area (Å²) in [5, 5.41) is 7.81. The summed E-state index contributed by atoms with van der Waals surface area (Å²) in [6.07, 6.45) is 10.3. The number of benzene rings is 1. The summed E-state index contributed by atoms with van der Waals surface area (Å²) >= 11 is 0. The first-order chi connectivity index (χ1) is 13.3. The van der Waals surface area contributed by atoms with Crippen LogP contribution in [0.25, 0.3) is 11.3 Å². The van der Waals surface area contributed by atoms with Crippen molar-refractivity contribution in [1.82, 2.24) is 20.1 Å². The molecule has 4 rings (SSSR count). The molecule has 1 aromatic carbocycles. The summed E-state index contributed by atoms with van der Waals surface area (Å²) in [4.78, 5) is 17.1. The molecule has 2 heterocycles. The molecule has 5 nitrogen and oxygen atoms in total. The number of rotatable bonds is 6. The number of carbonyl (C=O) groups is 1. The van der Waals surface area contributed by atoms with Crippen LogP contribution >= 0.6 is 0 Å². The fraction of sp³-hybridized carbons (Fsp3) is 0.318. The van der Waals surface area contributed by atoms with Crippen molar-refractivity contribution in [2.45, 2.75) is 32.2 Å². The molecular formula is C22H24N4O. The van der Waals surface area contributed by atoms with Gasteiger partial charge in [-0.1, -0.05) is 43.2 Å². The van der Waals surface area contributed by atoms with Crippen LogP contribution in [0.1, 0.15) is 41.6 Å². The Hall–Kier alpha value is -2.95. The highest BCUT2D eigenvalue weighted by atomic mass is 16.1. The van der Waals surface area contributed by atoms with E-state index in [9.17, 15) is 4.79 Å². The average Bonchev–Trinajstić information content (AvgIpc) is 3.38. The van der Waals surface area contributed by atoms with E-state index < -0.39 is 0 Å². The van der Waals surface area contributed by atoms with Gasteiger partial charge in [-0.15, -0.1) is 0 Å². The average molecular weight is 360 g/mol. The SMILES string of the molecule is O=C(NCC1CCCC1)c1cn(Cc2ccccc2)nc1-c1cccnc1. The van der Waals surface area contributed by atoms with Gasteiger partial charge >= 0.3 is 0 Å². The van der Waals surface area contributed by atoms with Crippen molar-refractivity contribution in [1.29, 1.82) is 0 Å². The molecule has 1 N–H and O–H groups in total. The molecule has 2 aromatic heterocycles. The van der Waals surface area contributed by atoms with Crippen LogP contribution in [0, 0.1) is 5.92 Å². The maximum absolute atomic E-state index is 12.9. The predicted molar refractivity (Wildman–Crippen MR) is 105 cm³/mol. The van der Waals surface area contributed by atoms with Crippen LogP contribution in [-0.2, 0) is 6.54 Å². The Balaban J connectivity index is 1.58. The lowest BCUT2D eigenvalue weighted by atomic mass is 10.1. The van der Waals surface area contributed by atoms with Crippen LogP contribution in [0.2, 0.25) is 0 Å². The third-order valence-electron chi connectivity index (χ3n) is 5.15. The molecule has 1 aliphatic rings. The number of carbonyl (C=O) groups excluding carboxylic acids is 1. The van der Waals surface area contributed by atoms with E-state index in [1.165, 1.54) is 25.7 Å². The number of pyridine rings is 1. The lowest BCUT2D eigenvalue weighted by Crippen LogP contribution is -2.28. The smallest absolute Gasteiger partial charge is 0.255 e. The number of hydrogen-bond acceptors (Lipinski definition) is 3. The van der Waals surface area contributed by atoms with Crippen molar-refractivity contribution in [3.05, 3.63) is 72.2 Å². The summed E-state index contributed by atoms with van der Waals surface area (Å²) in [7, 11) is 0. The van der Waals surface area contributed by atoms with Gasteiger partial charge in [0.25, 0.3) is 5.91 Å². The number of amides is 1. The zero-order valence-corrected chi connectivity index (χ0v) is 15.3. The Morgan fingerprint density at radius 2 is 1.93 bits per heavy atom. The highest BCUT2D eigenvalue weighted by Crippen LogP contribution is 2.25. The van der Waals surface area contributed by atoms with Crippen LogP contribution in [0.5, 0.6) is 0 Å². The van der Waals surface area contributed by atoms with Crippen molar-refractivity contribution in [3.63, 3.8) is 0 Å². The standard InChI is InChI=1S/C22H24N4O/c27-22(24-13-17-7-4-5-8-17)20-16-26(15-18-9-2-1-3-10-18)25-21(20)19-11-6-12-23-14-19/h1-3,6,9-12,14,16-17H,4-5,7-8,13,15H2,(H,24,27). The minimum absolute atomic E-state index is 0.0555. The molecule has 0 unspecified atom stereocenters. The highest BCUT2D eigenvalue weighted by molar-refractivity contribution is 5.99. The van der Waals surface area contributed by atoms with Gasteiger partial charge < -0.3 is 5.32 Å². The van der Waals surface area contributed by atoms with Gasteiger partial charge in [0.2, 0.25) is 0 Å². The first-order valence-corrected chi connectivity index (χ1v) is 9.59. The number of hydrogen-bond donors (Lipinski definition) is 1. The van der Waals surface area contributed by atoms with Crippen molar-refractivity contribution in [2.24, 2.45) is 5.92 Å². The zero-order chi connectivity index (χ0) is 18.5. The highest BCUT2D eigenvalue weighted by Gasteiger charge is 2.20. The van der Waals surface area contributed by atoms with E-state index in [1.807, 2.05) is 41.2 Å². The second-order valence-electron chi connectivity index (χ2n) is 7.18. The van der Waals surface area contributed by atoms with Gasteiger partial charge in [-0.05, 0) is 36.5 Å². The molecule has 0 spiro atoms. The summed E-state index contributed by atoms with van der Waals surface area (Å²) in [5.41, 5.74) is 3.30. The molecule has 3 aromatic rings. The van der Waals surface area contributed by atoms with E-state index in [0.29, 0.717) is 23.7 Å². The zero-order valence-electron chi connectivity index (χ0n) is 15.3. The molecule has 0 saturated heterocycles. The molecule has 0 radical (unpaired) electrons. The Labute approximate surface area is 159 Å². The summed E-state index contributed by atoms with van der Waals surface area (Å²) in [6, 6.07) is 13.9. The lowest BCUT2D eigenvalue weighted by Gasteiger charge is -2.10. The Morgan fingerprint density at radius 3 is 2.67 bits per heavy atom. The van der Waals surface area contributed by atoms with Crippen LogP contribution in [-0.4, -0.2) is 27.2 Å². The third kappa shape index (κ3) is 4.25. The van der Waals surface area contributed by atoms with Gasteiger partial charge in [-0.3, -0.25) is 14.5 Å². The summed E-state index contributed by atoms with van der Waals surface area (Å²) in [5.74, 6) is 0.551. The van der Waals surface area contributed by atoms with Crippen molar-refractivity contribution >= 4 is 5.91 Å². The molecular weight excluding hydrogens is 336 g/mol. The molecule has 1 amide bonds. The van der Waals surface area contributed by atoms with Gasteiger partial charge in [0.15, 0.2) is 0 Å². The molecule has 1 aliphatic carbocycles. The van der Waals surface area contributed by atoms with Gasteiger partial charge in [-0.25, -0.2) is 0 Å². The molecule has 27 heavy (non-hydrogen) atoms. The van der Waals surface area contributed by atoms with Crippen molar-refractivity contribution < 1.29 is 4.79 Å². The minimum Gasteiger partial charge on any atom is -0.352 e.